The number of carbonyl (C=O) groups excluding carboxylic acids is 1. The third-order valence-electron chi connectivity index (χ3n) is 2.22. The number of rotatable bonds is 6. The molecule has 1 unspecified atom stereocenters. The van der Waals surface area contributed by atoms with Crippen LogP contribution in [0, 0.1) is 0 Å². The Morgan fingerprint density at radius 3 is 2.71 bits per heavy atom. The van der Waals surface area contributed by atoms with Crippen molar-refractivity contribution in [3.05, 3.63) is 11.9 Å². The zero-order valence-corrected chi connectivity index (χ0v) is 10.6. The summed E-state index contributed by atoms with van der Waals surface area (Å²) in [5.41, 5.74) is 6.14. The van der Waals surface area contributed by atoms with Crippen molar-refractivity contribution in [1.82, 2.24) is 15.0 Å². The Morgan fingerprint density at radius 2 is 2.24 bits per heavy atom. The molecule has 0 saturated heterocycles. The highest BCUT2D eigenvalue weighted by Gasteiger charge is 2.17. The molecule has 0 radical (unpaired) electrons. The van der Waals surface area contributed by atoms with E-state index in [2.05, 4.69) is 10.3 Å². The largest absolute Gasteiger partial charge is 0.321 e. The summed E-state index contributed by atoms with van der Waals surface area (Å²) in [5, 5.41) is 7.46. The molecule has 0 saturated carbocycles. The van der Waals surface area contributed by atoms with Gasteiger partial charge in [0.15, 0.2) is 5.78 Å². The molecule has 0 aliphatic carbocycles. The average molecular weight is 260 g/mol. The van der Waals surface area contributed by atoms with Crippen molar-refractivity contribution in [2.24, 2.45) is 12.8 Å². The second-order valence-electron chi connectivity index (χ2n) is 4.05. The van der Waals surface area contributed by atoms with Gasteiger partial charge in [-0.05, 0) is 6.42 Å². The Hall–Kier alpha value is -1.28. The number of carbonyl (C=O) groups is 1. The molecule has 2 N–H and O–H groups in total. The standard InChI is InChI=1S/C9H16N4O3S/c1-13-6-7(11-12-13)5-9(14)8(10)3-4-17(2,15)16/h6,8H,3-5,10H2,1-2H3. The Morgan fingerprint density at radius 1 is 1.59 bits per heavy atom. The smallest absolute Gasteiger partial charge is 0.155 e. The van der Waals surface area contributed by atoms with Gasteiger partial charge >= 0.3 is 0 Å². The van der Waals surface area contributed by atoms with Gasteiger partial charge in [-0.3, -0.25) is 9.48 Å². The van der Waals surface area contributed by atoms with E-state index in [1.54, 1.807) is 13.2 Å². The molecule has 96 valence electrons. The van der Waals surface area contributed by atoms with Crippen LogP contribution in [0.15, 0.2) is 6.20 Å². The summed E-state index contributed by atoms with van der Waals surface area (Å²) in [7, 11) is -1.39. The second-order valence-corrected chi connectivity index (χ2v) is 6.31. The minimum atomic E-state index is -3.09. The first-order valence-electron chi connectivity index (χ1n) is 5.09. The van der Waals surface area contributed by atoms with Crippen LogP contribution in [-0.2, 0) is 28.1 Å². The van der Waals surface area contributed by atoms with Crippen LogP contribution >= 0.6 is 0 Å². The zero-order chi connectivity index (χ0) is 13.1. The van der Waals surface area contributed by atoms with Gasteiger partial charge in [-0.2, -0.15) is 0 Å². The zero-order valence-electron chi connectivity index (χ0n) is 9.83. The number of aryl methyl sites for hydroxylation is 1. The first kappa shape index (κ1) is 13.8. The van der Waals surface area contributed by atoms with Gasteiger partial charge in [0.25, 0.3) is 0 Å². The maximum Gasteiger partial charge on any atom is 0.155 e. The molecule has 0 fully saturated rings. The van der Waals surface area contributed by atoms with Crippen LogP contribution < -0.4 is 5.73 Å². The van der Waals surface area contributed by atoms with Crippen molar-refractivity contribution in [3.8, 4) is 0 Å². The molecule has 1 rings (SSSR count). The van der Waals surface area contributed by atoms with Crippen molar-refractivity contribution >= 4 is 15.6 Å². The predicted octanol–water partition coefficient (Wildman–Crippen LogP) is -1.31. The fourth-order valence-corrected chi connectivity index (χ4v) is 1.97. The average Bonchev–Trinajstić information content (AvgIpc) is 2.59. The van der Waals surface area contributed by atoms with E-state index >= 15 is 0 Å². The van der Waals surface area contributed by atoms with Crippen molar-refractivity contribution in [2.75, 3.05) is 12.0 Å². The fourth-order valence-electron chi connectivity index (χ4n) is 1.29. The fraction of sp³-hybridized carbons (Fsp3) is 0.667. The van der Waals surface area contributed by atoms with E-state index in [1.165, 1.54) is 4.68 Å². The van der Waals surface area contributed by atoms with Gasteiger partial charge in [-0.1, -0.05) is 5.21 Å². The second kappa shape index (κ2) is 5.37. The van der Waals surface area contributed by atoms with Gasteiger partial charge < -0.3 is 5.73 Å². The van der Waals surface area contributed by atoms with Crippen LogP contribution in [0.4, 0.5) is 0 Å². The lowest BCUT2D eigenvalue weighted by molar-refractivity contribution is -0.119. The number of aromatic nitrogens is 3. The Kier molecular flexibility index (Phi) is 4.35. The van der Waals surface area contributed by atoms with Crippen LogP contribution in [0.3, 0.4) is 0 Å². The van der Waals surface area contributed by atoms with Crippen molar-refractivity contribution in [1.29, 1.82) is 0 Å². The molecule has 0 bridgehead atoms. The molecule has 7 nitrogen and oxygen atoms in total. The van der Waals surface area contributed by atoms with E-state index in [4.69, 9.17) is 5.73 Å². The highest BCUT2D eigenvalue weighted by molar-refractivity contribution is 7.90. The number of hydrogen-bond acceptors (Lipinski definition) is 6. The molecular weight excluding hydrogens is 244 g/mol. The molecule has 1 aromatic rings. The summed E-state index contributed by atoms with van der Waals surface area (Å²) in [6.07, 6.45) is 2.96. The lowest BCUT2D eigenvalue weighted by atomic mass is 10.1. The summed E-state index contributed by atoms with van der Waals surface area (Å²) in [6, 6.07) is -0.772. The van der Waals surface area contributed by atoms with Gasteiger partial charge in [0, 0.05) is 19.5 Å². The molecular formula is C9H16N4O3S. The lowest BCUT2D eigenvalue weighted by Crippen LogP contribution is -2.33. The number of Topliss-reactive ketones (excluding diaryl/α,β-unsaturated/α-hetero) is 1. The first-order valence-corrected chi connectivity index (χ1v) is 7.15. The van der Waals surface area contributed by atoms with E-state index in [0.29, 0.717) is 5.69 Å². The van der Waals surface area contributed by atoms with E-state index < -0.39 is 15.9 Å². The van der Waals surface area contributed by atoms with Crippen molar-refractivity contribution in [2.45, 2.75) is 18.9 Å². The van der Waals surface area contributed by atoms with Crippen LogP contribution in [0.5, 0.6) is 0 Å². The minimum Gasteiger partial charge on any atom is -0.321 e. The molecule has 17 heavy (non-hydrogen) atoms. The number of nitrogens with zero attached hydrogens (tertiary/aromatic N) is 3. The van der Waals surface area contributed by atoms with Gasteiger partial charge in [-0.25, -0.2) is 8.42 Å². The van der Waals surface area contributed by atoms with Gasteiger partial charge in [0.1, 0.15) is 9.84 Å². The maximum atomic E-state index is 11.6. The van der Waals surface area contributed by atoms with E-state index in [9.17, 15) is 13.2 Å². The minimum absolute atomic E-state index is 0.0821. The van der Waals surface area contributed by atoms with Gasteiger partial charge in [0.05, 0.1) is 23.9 Å². The molecule has 0 aliphatic rings. The van der Waals surface area contributed by atoms with Crippen LogP contribution in [-0.4, -0.2) is 47.2 Å². The summed E-state index contributed by atoms with van der Waals surface area (Å²) >= 11 is 0. The van der Waals surface area contributed by atoms with Crippen molar-refractivity contribution < 1.29 is 13.2 Å². The molecule has 0 aliphatic heterocycles. The predicted molar refractivity (Wildman–Crippen MR) is 62.0 cm³/mol. The number of sulfone groups is 1. The van der Waals surface area contributed by atoms with Crippen LogP contribution in [0.2, 0.25) is 0 Å². The molecule has 8 heteroatoms. The Balaban J connectivity index is 2.47. The SMILES string of the molecule is Cn1cc(CC(=O)C(N)CCS(C)(=O)=O)nn1. The molecule has 0 aromatic carbocycles. The lowest BCUT2D eigenvalue weighted by Gasteiger charge is -2.08. The summed E-state index contributed by atoms with van der Waals surface area (Å²) in [5.74, 6) is -0.311. The third-order valence-corrected chi connectivity index (χ3v) is 3.20. The summed E-state index contributed by atoms with van der Waals surface area (Å²) < 4.78 is 23.3. The number of nitrogens with two attached hydrogens (primary N) is 1. The van der Waals surface area contributed by atoms with Gasteiger partial charge in [0.2, 0.25) is 0 Å². The van der Waals surface area contributed by atoms with Crippen LogP contribution in [0.1, 0.15) is 12.1 Å². The van der Waals surface area contributed by atoms with Crippen molar-refractivity contribution in [3.63, 3.8) is 0 Å². The monoisotopic (exact) mass is 260 g/mol. The summed E-state index contributed by atoms with van der Waals surface area (Å²) in [4.78, 5) is 11.6. The Labute approximate surface area is 99.9 Å². The first-order chi connectivity index (χ1) is 7.78. The highest BCUT2D eigenvalue weighted by atomic mass is 32.2. The summed E-state index contributed by atoms with van der Waals surface area (Å²) in [6.45, 7) is 0. The molecule has 0 amide bonds. The van der Waals surface area contributed by atoms with E-state index in [-0.39, 0.29) is 24.4 Å². The van der Waals surface area contributed by atoms with E-state index in [1.807, 2.05) is 0 Å². The number of hydrogen-bond donors (Lipinski definition) is 1. The highest BCUT2D eigenvalue weighted by Crippen LogP contribution is 2.01. The normalized spacial score (nSPS) is 13.6. The third kappa shape index (κ3) is 5.05. The van der Waals surface area contributed by atoms with Gasteiger partial charge in [-0.15, -0.1) is 5.10 Å². The Bertz CT molecular complexity index is 494. The molecule has 0 spiro atoms. The molecule has 1 heterocycles. The molecule has 1 atom stereocenters. The van der Waals surface area contributed by atoms with E-state index in [0.717, 1.165) is 6.26 Å². The molecule has 1 aromatic heterocycles. The maximum absolute atomic E-state index is 11.6. The topological polar surface area (TPSA) is 108 Å². The van der Waals surface area contributed by atoms with Crippen LogP contribution in [0.25, 0.3) is 0 Å². The number of ketones is 1. The quantitative estimate of drug-likeness (QED) is 0.680.